The Morgan fingerprint density at radius 3 is 2.81 bits per heavy atom. The molecule has 0 bridgehead atoms. The lowest BCUT2D eigenvalue weighted by Gasteiger charge is -2.23. The molecule has 1 N–H and O–H groups in total. The minimum atomic E-state index is -0.0934. The molecule has 2 heterocycles. The molecule has 2 amide bonds. The molecule has 0 radical (unpaired) electrons. The predicted octanol–water partition coefficient (Wildman–Crippen LogP) is 3.84. The maximum Gasteiger partial charge on any atom is 0.318 e. The maximum atomic E-state index is 12.7. The SMILES string of the molecule is CN(Cc1csc(-c2ccccc2)n1)C(=O)N[C@H](c1nccn1C)C1CC1. The van der Waals surface area contributed by atoms with E-state index < -0.39 is 0 Å². The molecule has 4 rings (SSSR count). The van der Waals surface area contributed by atoms with Gasteiger partial charge in [-0.25, -0.2) is 14.8 Å². The van der Waals surface area contributed by atoms with Crippen LogP contribution in [0.2, 0.25) is 0 Å². The Labute approximate surface area is 162 Å². The van der Waals surface area contributed by atoms with Gasteiger partial charge in [0.1, 0.15) is 10.8 Å². The Kier molecular flexibility index (Phi) is 4.94. The summed E-state index contributed by atoms with van der Waals surface area (Å²) < 4.78 is 1.98. The molecule has 0 unspecified atom stereocenters. The van der Waals surface area contributed by atoms with Crippen LogP contribution in [0.5, 0.6) is 0 Å². The number of carbonyl (C=O) groups excluding carboxylic acids is 1. The molecule has 1 aromatic carbocycles. The van der Waals surface area contributed by atoms with Crippen LogP contribution in [0.1, 0.15) is 30.4 Å². The Balaban J connectivity index is 1.41. The van der Waals surface area contributed by atoms with Crippen LogP contribution in [0, 0.1) is 5.92 Å². The van der Waals surface area contributed by atoms with Crippen LogP contribution in [0.3, 0.4) is 0 Å². The number of rotatable bonds is 6. The summed E-state index contributed by atoms with van der Waals surface area (Å²) in [5, 5.41) is 6.15. The number of urea groups is 1. The van der Waals surface area contributed by atoms with Crippen molar-refractivity contribution in [2.24, 2.45) is 13.0 Å². The lowest BCUT2D eigenvalue weighted by molar-refractivity contribution is 0.199. The summed E-state index contributed by atoms with van der Waals surface area (Å²) >= 11 is 1.60. The number of benzene rings is 1. The van der Waals surface area contributed by atoms with Crippen molar-refractivity contribution in [2.75, 3.05) is 7.05 Å². The Morgan fingerprint density at radius 2 is 2.15 bits per heavy atom. The zero-order chi connectivity index (χ0) is 18.8. The highest BCUT2D eigenvalue weighted by Crippen LogP contribution is 2.40. The standard InChI is InChI=1S/C20H23N5OS/c1-24-11-10-21-18(24)17(14-8-9-14)23-20(26)25(2)12-16-13-27-19(22-16)15-6-4-3-5-7-15/h3-7,10-11,13-14,17H,8-9,12H2,1-2H3,(H,23,26)/t17-/m0/s1. The van der Waals surface area contributed by atoms with Crippen molar-refractivity contribution in [1.82, 2.24) is 24.8 Å². The zero-order valence-electron chi connectivity index (χ0n) is 15.5. The molecule has 0 saturated heterocycles. The molecule has 1 saturated carbocycles. The fourth-order valence-electron chi connectivity index (χ4n) is 3.15. The van der Waals surface area contributed by atoms with Gasteiger partial charge in [0, 0.05) is 37.4 Å². The number of carbonyl (C=O) groups is 1. The maximum absolute atomic E-state index is 12.7. The lowest BCUT2D eigenvalue weighted by atomic mass is 10.1. The number of thiazole rings is 1. The molecule has 6 nitrogen and oxygen atoms in total. The molecule has 0 spiro atoms. The third-order valence-electron chi connectivity index (χ3n) is 4.83. The van der Waals surface area contributed by atoms with E-state index in [-0.39, 0.29) is 12.1 Å². The van der Waals surface area contributed by atoms with Gasteiger partial charge in [-0.3, -0.25) is 0 Å². The second kappa shape index (κ2) is 7.52. The van der Waals surface area contributed by atoms with Crippen LogP contribution in [-0.4, -0.2) is 32.5 Å². The predicted molar refractivity (Wildman–Crippen MR) is 106 cm³/mol. The third-order valence-corrected chi connectivity index (χ3v) is 5.77. The second-order valence-corrected chi connectivity index (χ2v) is 7.89. The van der Waals surface area contributed by atoms with Crippen molar-refractivity contribution in [1.29, 1.82) is 0 Å². The molecule has 27 heavy (non-hydrogen) atoms. The largest absolute Gasteiger partial charge is 0.336 e. The van der Waals surface area contributed by atoms with Crippen molar-refractivity contribution in [3.63, 3.8) is 0 Å². The van der Waals surface area contributed by atoms with E-state index in [1.165, 1.54) is 0 Å². The summed E-state index contributed by atoms with van der Waals surface area (Å²) in [7, 11) is 3.77. The van der Waals surface area contributed by atoms with Gasteiger partial charge in [-0.2, -0.15) is 0 Å². The van der Waals surface area contributed by atoms with Gasteiger partial charge in [0.15, 0.2) is 0 Å². The number of hydrogen-bond donors (Lipinski definition) is 1. The van der Waals surface area contributed by atoms with E-state index in [2.05, 4.69) is 15.3 Å². The average Bonchev–Trinajstić information content (AvgIpc) is 3.27. The minimum Gasteiger partial charge on any atom is -0.336 e. The highest BCUT2D eigenvalue weighted by atomic mass is 32.1. The Morgan fingerprint density at radius 1 is 1.37 bits per heavy atom. The number of imidazole rings is 1. The van der Waals surface area contributed by atoms with Crippen LogP contribution in [0.25, 0.3) is 10.6 Å². The van der Waals surface area contributed by atoms with Crippen LogP contribution >= 0.6 is 11.3 Å². The first-order valence-corrected chi connectivity index (χ1v) is 9.98. The number of amides is 2. The number of aromatic nitrogens is 3. The van der Waals surface area contributed by atoms with Gasteiger partial charge in [-0.1, -0.05) is 30.3 Å². The van der Waals surface area contributed by atoms with Crippen LogP contribution in [0.4, 0.5) is 4.79 Å². The third kappa shape index (κ3) is 4.03. The highest BCUT2D eigenvalue weighted by Gasteiger charge is 2.36. The van der Waals surface area contributed by atoms with Crippen molar-refractivity contribution >= 4 is 17.4 Å². The molecule has 0 aliphatic heterocycles. The van der Waals surface area contributed by atoms with Crippen LogP contribution in [-0.2, 0) is 13.6 Å². The molecule has 1 atom stereocenters. The molecular weight excluding hydrogens is 358 g/mol. The summed E-state index contributed by atoms with van der Waals surface area (Å²) in [6.07, 6.45) is 5.96. The van der Waals surface area contributed by atoms with E-state index in [4.69, 9.17) is 0 Å². The summed E-state index contributed by atoms with van der Waals surface area (Å²) in [5.41, 5.74) is 2.00. The van der Waals surface area contributed by atoms with E-state index >= 15 is 0 Å². The van der Waals surface area contributed by atoms with Crippen molar-refractivity contribution in [2.45, 2.75) is 25.4 Å². The number of nitrogens with one attached hydrogen (secondary N) is 1. The minimum absolute atomic E-state index is 0.0322. The first kappa shape index (κ1) is 17.7. The highest BCUT2D eigenvalue weighted by molar-refractivity contribution is 7.13. The van der Waals surface area contributed by atoms with Crippen molar-refractivity contribution < 1.29 is 4.79 Å². The molecule has 7 heteroatoms. The summed E-state index contributed by atoms with van der Waals surface area (Å²) in [5.74, 6) is 1.40. The monoisotopic (exact) mass is 381 g/mol. The summed E-state index contributed by atoms with van der Waals surface area (Å²) in [6, 6.07) is 9.98. The quantitative estimate of drug-likeness (QED) is 0.706. The average molecular weight is 382 g/mol. The topological polar surface area (TPSA) is 63.1 Å². The molecule has 3 aromatic rings. The van der Waals surface area contributed by atoms with Crippen molar-refractivity contribution in [3.8, 4) is 10.6 Å². The van der Waals surface area contributed by atoms with Gasteiger partial charge in [0.05, 0.1) is 18.3 Å². The number of hydrogen-bond acceptors (Lipinski definition) is 4. The molecule has 2 aromatic heterocycles. The molecular formula is C20H23N5OS. The van der Waals surface area contributed by atoms with E-state index in [0.717, 1.165) is 34.9 Å². The molecule has 1 aliphatic carbocycles. The number of aryl methyl sites for hydroxylation is 1. The van der Waals surface area contributed by atoms with Gasteiger partial charge in [-0.05, 0) is 18.8 Å². The molecule has 1 aliphatic rings. The van der Waals surface area contributed by atoms with E-state index in [1.54, 1.807) is 29.5 Å². The first-order valence-electron chi connectivity index (χ1n) is 9.10. The Hall–Kier alpha value is -2.67. The van der Waals surface area contributed by atoms with E-state index in [1.807, 2.05) is 53.5 Å². The van der Waals surface area contributed by atoms with E-state index in [9.17, 15) is 4.79 Å². The number of nitrogens with zero attached hydrogens (tertiary/aromatic N) is 4. The Bertz CT molecular complexity index is 915. The smallest absolute Gasteiger partial charge is 0.318 e. The fraction of sp³-hybridized carbons (Fsp3) is 0.350. The summed E-state index contributed by atoms with van der Waals surface area (Å²) in [4.78, 5) is 23.5. The molecule has 140 valence electrons. The van der Waals surface area contributed by atoms with Gasteiger partial charge >= 0.3 is 6.03 Å². The van der Waals surface area contributed by atoms with Crippen molar-refractivity contribution in [3.05, 3.63) is 59.6 Å². The van der Waals surface area contributed by atoms with Crippen LogP contribution in [0.15, 0.2) is 48.1 Å². The first-order chi connectivity index (χ1) is 13.1. The normalized spacial score (nSPS) is 14.7. The zero-order valence-corrected chi connectivity index (χ0v) is 16.3. The lowest BCUT2D eigenvalue weighted by Crippen LogP contribution is -2.40. The van der Waals surface area contributed by atoms with Gasteiger partial charge in [0.2, 0.25) is 0 Å². The van der Waals surface area contributed by atoms with E-state index in [0.29, 0.717) is 12.5 Å². The van der Waals surface area contributed by atoms with Crippen LogP contribution < -0.4 is 5.32 Å². The fourth-order valence-corrected chi connectivity index (χ4v) is 3.97. The van der Waals surface area contributed by atoms with Gasteiger partial charge in [-0.15, -0.1) is 11.3 Å². The molecule has 1 fully saturated rings. The summed E-state index contributed by atoms with van der Waals surface area (Å²) in [6.45, 7) is 0.479. The van der Waals surface area contributed by atoms with Gasteiger partial charge < -0.3 is 14.8 Å². The van der Waals surface area contributed by atoms with Gasteiger partial charge in [0.25, 0.3) is 0 Å². The second-order valence-electron chi connectivity index (χ2n) is 7.03.